The highest BCUT2D eigenvalue weighted by Crippen LogP contribution is 2.22. The van der Waals surface area contributed by atoms with E-state index in [1.165, 1.54) is 5.56 Å². The van der Waals surface area contributed by atoms with Crippen LogP contribution in [0.5, 0.6) is 5.75 Å². The van der Waals surface area contributed by atoms with E-state index in [1.54, 1.807) is 13.4 Å². The van der Waals surface area contributed by atoms with Crippen molar-refractivity contribution in [2.75, 3.05) is 24.3 Å². The molecule has 1 heterocycles. The number of ether oxygens (including phenoxy) is 1. The van der Waals surface area contributed by atoms with Gasteiger partial charge in [0.05, 0.1) is 13.2 Å². The second-order valence-corrected chi connectivity index (χ2v) is 6.46. The number of aliphatic hydroxyl groups excluding tert-OH is 1. The van der Waals surface area contributed by atoms with Crippen LogP contribution in [0.3, 0.4) is 0 Å². The molecule has 0 bridgehead atoms. The van der Waals surface area contributed by atoms with E-state index >= 15 is 0 Å². The molecule has 0 unspecified atom stereocenters. The Hall–Kier alpha value is -2.34. The van der Waals surface area contributed by atoms with E-state index in [1.807, 2.05) is 18.2 Å². The lowest BCUT2D eigenvalue weighted by Gasteiger charge is -2.26. The SMILES string of the molecule is COc1ccc(CCNc2cc(NC3CCC(O)CC3)ncn2)cc1. The van der Waals surface area contributed by atoms with Crippen molar-refractivity contribution in [2.24, 2.45) is 0 Å². The zero-order chi connectivity index (χ0) is 17.5. The van der Waals surface area contributed by atoms with Crippen molar-refractivity contribution in [2.45, 2.75) is 44.2 Å². The lowest BCUT2D eigenvalue weighted by atomic mass is 9.93. The van der Waals surface area contributed by atoms with Crippen LogP contribution in [-0.2, 0) is 6.42 Å². The van der Waals surface area contributed by atoms with Crippen LogP contribution >= 0.6 is 0 Å². The average Bonchev–Trinajstić information content (AvgIpc) is 2.65. The zero-order valence-corrected chi connectivity index (χ0v) is 14.6. The quantitative estimate of drug-likeness (QED) is 0.718. The monoisotopic (exact) mass is 342 g/mol. The van der Waals surface area contributed by atoms with Gasteiger partial charge in [-0.25, -0.2) is 9.97 Å². The molecule has 3 N–H and O–H groups in total. The number of methoxy groups -OCH3 is 1. The zero-order valence-electron chi connectivity index (χ0n) is 14.6. The minimum absolute atomic E-state index is 0.140. The molecule has 0 aliphatic heterocycles. The van der Waals surface area contributed by atoms with E-state index in [4.69, 9.17) is 4.74 Å². The van der Waals surface area contributed by atoms with Gasteiger partial charge in [0.15, 0.2) is 0 Å². The van der Waals surface area contributed by atoms with Crippen LogP contribution in [0.25, 0.3) is 0 Å². The summed E-state index contributed by atoms with van der Waals surface area (Å²) in [5.74, 6) is 2.53. The summed E-state index contributed by atoms with van der Waals surface area (Å²) in [6.45, 7) is 0.804. The highest BCUT2D eigenvalue weighted by atomic mass is 16.5. The summed E-state index contributed by atoms with van der Waals surface area (Å²) in [5, 5.41) is 16.4. The van der Waals surface area contributed by atoms with Crippen LogP contribution in [0, 0.1) is 0 Å². The highest BCUT2D eigenvalue weighted by Gasteiger charge is 2.19. The average molecular weight is 342 g/mol. The number of nitrogens with zero attached hydrogens (tertiary/aromatic N) is 2. The molecule has 6 nitrogen and oxygen atoms in total. The molecule has 1 aromatic heterocycles. The summed E-state index contributed by atoms with van der Waals surface area (Å²) in [6.07, 6.45) is 6.02. The molecule has 0 radical (unpaired) electrons. The van der Waals surface area contributed by atoms with Crippen LogP contribution in [0.2, 0.25) is 0 Å². The van der Waals surface area contributed by atoms with Crippen LogP contribution in [0.1, 0.15) is 31.2 Å². The summed E-state index contributed by atoms with van der Waals surface area (Å²) in [6, 6.07) is 10.4. The molecule has 6 heteroatoms. The molecule has 134 valence electrons. The topological polar surface area (TPSA) is 79.3 Å². The summed E-state index contributed by atoms with van der Waals surface area (Å²) in [4.78, 5) is 8.58. The number of hydrogen-bond donors (Lipinski definition) is 3. The first-order valence-electron chi connectivity index (χ1n) is 8.86. The summed E-state index contributed by atoms with van der Waals surface area (Å²) in [5.41, 5.74) is 1.25. The maximum absolute atomic E-state index is 9.59. The Morgan fingerprint density at radius 1 is 1.08 bits per heavy atom. The summed E-state index contributed by atoms with van der Waals surface area (Å²) >= 11 is 0. The Morgan fingerprint density at radius 3 is 2.52 bits per heavy atom. The van der Waals surface area contributed by atoms with Crippen LogP contribution in [-0.4, -0.2) is 40.9 Å². The van der Waals surface area contributed by atoms with Gasteiger partial charge in [-0.05, 0) is 49.8 Å². The first-order valence-corrected chi connectivity index (χ1v) is 8.86. The summed E-state index contributed by atoms with van der Waals surface area (Å²) < 4.78 is 5.17. The molecule has 1 aliphatic rings. The normalized spacial score (nSPS) is 20.1. The minimum Gasteiger partial charge on any atom is -0.497 e. The smallest absolute Gasteiger partial charge is 0.131 e. The Labute approximate surface area is 148 Å². The number of benzene rings is 1. The van der Waals surface area contributed by atoms with Crippen molar-refractivity contribution in [1.82, 2.24) is 9.97 Å². The molecule has 2 aromatic rings. The van der Waals surface area contributed by atoms with E-state index < -0.39 is 0 Å². The molecule has 1 fully saturated rings. The van der Waals surface area contributed by atoms with Crippen molar-refractivity contribution < 1.29 is 9.84 Å². The number of hydrogen-bond acceptors (Lipinski definition) is 6. The van der Waals surface area contributed by atoms with Gasteiger partial charge in [0.25, 0.3) is 0 Å². The molecular formula is C19H26N4O2. The van der Waals surface area contributed by atoms with E-state index in [9.17, 15) is 5.11 Å². The number of anilines is 2. The predicted octanol–water partition coefficient (Wildman–Crippen LogP) is 2.86. The van der Waals surface area contributed by atoms with Crippen LogP contribution < -0.4 is 15.4 Å². The second-order valence-electron chi connectivity index (χ2n) is 6.46. The van der Waals surface area contributed by atoms with Gasteiger partial charge in [-0.15, -0.1) is 0 Å². The van der Waals surface area contributed by atoms with E-state index in [2.05, 4.69) is 32.7 Å². The Balaban J connectivity index is 1.47. The number of aliphatic hydroxyl groups is 1. The fraction of sp³-hybridized carbons (Fsp3) is 0.474. The third-order valence-corrected chi connectivity index (χ3v) is 4.59. The van der Waals surface area contributed by atoms with Crippen LogP contribution in [0.4, 0.5) is 11.6 Å². The molecule has 0 saturated heterocycles. The molecule has 0 atom stereocenters. The van der Waals surface area contributed by atoms with Gasteiger partial charge in [0.1, 0.15) is 23.7 Å². The first-order chi connectivity index (χ1) is 12.2. The Kier molecular flexibility index (Phi) is 6.06. The number of aromatic nitrogens is 2. The van der Waals surface area contributed by atoms with E-state index in [0.717, 1.165) is 56.0 Å². The highest BCUT2D eigenvalue weighted by molar-refractivity contribution is 5.47. The number of nitrogens with one attached hydrogen (secondary N) is 2. The Bertz CT molecular complexity index is 655. The largest absolute Gasteiger partial charge is 0.497 e. The molecule has 0 spiro atoms. The maximum Gasteiger partial charge on any atom is 0.131 e. The fourth-order valence-corrected chi connectivity index (χ4v) is 3.09. The van der Waals surface area contributed by atoms with Gasteiger partial charge in [-0.1, -0.05) is 12.1 Å². The van der Waals surface area contributed by atoms with Gasteiger partial charge in [0.2, 0.25) is 0 Å². The molecule has 0 amide bonds. The molecule has 1 aliphatic carbocycles. The summed E-state index contributed by atoms with van der Waals surface area (Å²) in [7, 11) is 1.67. The number of rotatable bonds is 7. The molecular weight excluding hydrogens is 316 g/mol. The van der Waals surface area contributed by atoms with Gasteiger partial charge in [-0.3, -0.25) is 0 Å². The van der Waals surface area contributed by atoms with Crippen molar-refractivity contribution in [3.63, 3.8) is 0 Å². The molecule has 1 saturated carbocycles. The van der Waals surface area contributed by atoms with Crippen molar-refractivity contribution >= 4 is 11.6 Å². The molecule has 1 aromatic carbocycles. The van der Waals surface area contributed by atoms with Gasteiger partial charge in [-0.2, -0.15) is 0 Å². The van der Waals surface area contributed by atoms with Crippen molar-refractivity contribution in [3.8, 4) is 5.75 Å². The van der Waals surface area contributed by atoms with Crippen LogP contribution in [0.15, 0.2) is 36.7 Å². The van der Waals surface area contributed by atoms with Crippen molar-refractivity contribution in [3.05, 3.63) is 42.2 Å². The lowest BCUT2D eigenvalue weighted by molar-refractivity contribution is 0.126. The minimum atomic E-state index is -0.140. The fourth-order valence-electron chi connectivity index (χ4n) is 3.09. The lowest BCUT2D eigenvalue weighted by Crippen LogP contribution is -2.28. The van der Waals surface area contributed by atoms with E-state index in [-0.39, 0.29) is 6.10 Å². The third kappa shape index (κ3) is 5.32. The third-order valence-electron chi connectivity index (χ3n) is 4.59. The van der Waals surface area contributed by atoms with Gasteiger partial charge >= 0.3 is 0 Å². The van der Waals surface area contributed by atoms with Crippen molar-refractivity contribution in [1.29, 1.82) is 0 Å². The first kappa shape index (κ1) is 17.5. The maximum atomic E-state index is 9.59. The van der Waals surface area contributed by atoms with Gasteiger partial charge in [0, 0.05) is 18.7 Å². The van der Waals surface area contributed by atoms with E-state index in [0.29, 0.717) is 6.04 Å². The van der Waals surface area contributed by atoms with Gasteiger partial charge < -0.3 is 20.5 Å². The molecule has 25 heavy (non-hydrogen) atoms. The standard InChI is InChI=1S/C19H26N4O2/c1-25-17-8-2-14(3-9-17)10-11-20-18-12-19(22-13-21-18)23-15-4-6-16(24)7-5-15/h2-3,8-9,12-13,15-16,24H,4-7,10-11H2,1H3,(H2,20,21,22,23). The predicted molar refractivity (Wildman–Crippen MR) is 99.1 cm³/mol. The second kappa shape index (κ2) is 8.67. The molecule has 3 rings (SSSR count). The Morgan fingerprint density at radius 2 is 1.80 bits per heavy atom.